The van der Waals surface area contributed by atoms with Crippen molar-refractivity contribution in [2.24, 2.45) is 0 Å². The minimum atomic E-state index is -4.52. The number of anilines is 1. The summed E-state index contributed by atoms with van der Waals surface area (Å²) in [7, 11) is 0. The molecule has 3 heterocycles. The molecule has 1 amide bonds. The van der Waals surface area contributed by atoms with Crippen LogP contribution in [-0.2, 0) is 17.5 Å². The zero-order valence-electron chi connectivity index (χ0n) is 12.9. The summed E-state index contributed by atoms with van der Waals surface area (Å²) >= 11 is 1.55. The molecule has 0 saturated carbocycles. The number of amides is 1. The zero-order valence-corrected chi connectivity index (χ0v) is 13.7. The number of alkyl halides is 3. The molecule has 128 valence electrons. The van der Waals surface area contributed by atoms with Crippen LogP contribution in [0.1, 0.15) is 16.4 Å². The molecule has 1 aliphatic rings. The van der Waals surface area contributed by atoms with Crippen LogP contribution in [0.2, 0.25) is 0 Å². The topological polar surface area (TPSA) is 49.3 Å². The number of rotatable bonds is 3. The number of aromatic nitrogens is 2. The van der Waals surface area contributed by atoms with Gasteiger partial charge in [-0.15, -0.1) is 11.3 Å². The first-order valence-corrected chi connectivity index (χ1v) is 8.18. The number of thiazole rings is 1. The Morgan fingerprint density at radius 1 is 1.33 bits per heavy atom. The Kier molecular flexibility index (Phi) is 4.55. The lowest BCUT2D eigenvalue weighted by Gasteiger charge is -2.34. The highest BCUT2D eigenvalue weighted by atomic mass is 32.1. The van der Waals surface area contributed by atoms with Crippen molar-refractivity contribution in [2.75, 3.05) is 24.5 Å². The van der Waals surface area contributed by atoms with Crippen molar-refractivity contribution in [1.82, 2.24) is 14.9 Å². The van der Waals surface area contributed by atoms with Gasteiger partial charge >= 0.3 is 6.18 Å². The predicted octanol–water partition coefficient (Wildman–Crippen LogP) is 2.71. The molecule has 0 spiro atoms. The summed E-state index contributed by atoms with van der Waals surface area (Å²) in [5.74, 6) is -0.229. The second-order valence-corrected chi connectivity index (χ2v) is 6.57. The van der Waals surface area contributed by atoms with Crippen LogP contribution in [0.15, 0.2) is 23.7 Å². The van der Waals surface area contributed by atoms with E-state index in [1.165, 1.54) is 11.0 Å². The first kappa shape index (κ1) is 16.8. The lowest BCUT2D eigenvalue weighted by atomic mass is 10.2. The standard InChI is InChI=1S/C15H15F3N4OS/c1-10-20-11(9-24-10)7-21-4-5-22(14(23)8-21)12-2-3-19-13(6-12)15(16,17)18/h2-3,6,9H,4-5,7-8H2,1H3. The molecule has 2 aromatic heterocycles. The van der Waals surface area contributed by atoms with Crippen LogP contribution in [-0.4, -0.2) is 40.4 Å². The number of hydrogen-bond acceptors (Lipinski definition) is 5. The van der Waals surface area contributed by atoms with Gasteiger partial charge in [-0.25, -0.2) is 4.98 Å². The third-order valence-electron chi connectivity index (χ3n) is 3.70. The molecule has 0 bridgehead atoms. The van der Waals surface area contributed by atoms with Crippen LogP contribution in [0.5, 0.6) is 0 Å². The van der Waals surface area contributed by atoms with Crippen LogP contribution in [0, 0.1) is 6.92 Å². The number of aryl methyl sites for hydroxylation is 1. The monoisotopic (exact) mass is 356 g/mol. The van der Waals surface area contributed by atoms with Gasteiger partial charge in [0.05, 0.1) is 17.2 Å². The van der Waals surface area contributed by atoms with Gasteiger partial charge in [0.25, 0.3) is 0 Å². The summed E-state index contributed by atoms with van der Waals surface area (Å²) in [6.07, 6.45) is -3.45. The van der Waals surface area contributed by atoms with E-state index in [2.05, 4.69) is 9.97 Å². The third kappa shape index (κ3) is 3.73. The number of halogens is 3. The minimum Gasteiger partial charge on any atom is -0.310 e. The average Bonchev–Trinajstić information content (AvgIpc) is 2.92. The predicted molar refractivity (Wildman–Crippen MR) is 83.7 cm³/mol. The van der Waals surface area contributed by atoms with Crippen molar-refractivity contribution < 1.29 is 18.0 Å². The van der Waals surface area contributed by atoms with Crippen LogP contribution in [0.4, 0.5) is 18.9 Å². The molecule has 3 rings (SSSR count). The molecule has 1 aliphatic heterocycles. The highest BCUT2D eigenvalue weighted by Crippen LogP contribution is 2.30. The van der Waals surface area contributed by atoms with Crippen molar-refractivity contribution in [3.63, 3.8) is 0 Å². The van der Waals surface area contributed by atoms with E-state index in [0.717, 1.165) is 23.0 Å². The fraction of sp³-hybridized carbons (Fsp3) is 0.400. The van der Waals surface area contributed by atoms with Gasteiger partial charge in [-0.1, -0.05) is 0 Å². The van der Waals surface area contributed by atoms with Gasteiger partial charge in [-0.05, 0) is 19.1 Å². The summed E-state index contributed by atoms with van der Waals surface area (Å²) in [6.45, 7) is 3.54. The van der Waals surface area contributed by atoms with Gasteiger partial charge in [0.15, 0.2) is 0 Å². The van der Waals surface area contributed by atoms with E-state index in [9.17, 15) is 18.0 Å². The summed E-state index contributed by atoms with van der Waals surface area (Å²) in [4.78, 5) is 23.3. The lowest BCUT2D eigenvalue weighted by Crippen LogP contribution is -2.50. The highest BCUT2D eigenvalue weighted by Gasteiger charge is 2.34. The Balaban J connectivity index is 1.69. The number of carbonyl (C=O) groups is 1. The molecular formula is C15H15F3N4OS. The number of nitrogens with zero attached hydrogens (tertiary/aromatic N) is 4. The highest BCUT2D eigenvalue weighted by molar-refractivity contribution is 7.09. The van der Waals surface area contributed by atoms with Crippen LogP contribution in [0.25, 0.3) is 0 Å². The molecule has 2 aromatic rings. The third-order valence-corrected chi connectivity index (χ3v) is 4.52. The minimum absolute atomic E-state index is 0.153. The maximum absolute atomic E-state index is 12.8. The molecule has 9 heteroatoms. The summed E-state index contributed by atoms with van der Waals surface area (Å²) in [5, 5.41) is 2.91. The van der Waals surface area contributed by atoms with Gasteiger partial charge in [0.2, 0.25) is 5.91 Å². The van der Waals surface area contributed by atoms with Crippen LogP contribution >= 0.6 is 11.3 Å². The van der Waals surface area contributed by atoms with E-state index in [0.29, 0.717) is 19.6 Å². The van der Waals surface area contributed by atoms with Crippen molar-refractivity contribution in [1.29, 1.82) is 0 Å². The van der Waals surface area contributed by atoms with E-state index >= 15 is 0 Å². The van der Waals surface area contributed by atoms with Crippen molar-refractivity contribution >= 4 is 22.9 Å². The second-order valence-electron chi connectivity index (χ2n) is 5.51. The Hall–Kier alpha value is -2.00. The van der Waals surface area contributed by atoms with Gasteiger partial charge in [-0.2, -0.15) is 13.2 Å². The molecule has 0 atom stereocenters. The Morgan fingerprint density at radius 3 is 2.75 bits per heavy atom. The largest absolute Gasteiger partial charge is 0.433 e. The molecule has 0 radical (unpaired) electrons. The SMILES string of the molecule is Cc1nc(CN2CCN(c3ccnc(C(F)(F)F)c3)C(=O)C2)cs1. The number of carbonyl (C=O) groups excluding carboxylic acids is 1. The molecule has 0 aromatic carbocycles. The van der Waals surface area contributed by atoms with Crippen molar-refractivity contribution in [3.05, 3.63) is 40.1 Å². The summed E-state index contributed by atoms with van der Waals surface area (Å²) in [5.41, 5.74) is 0.140. The molecule has 0 unspecified atom stereocenters. The quantitative estimate of drug-likeness (QED) is 0.849. The molecular weight excluding hydrogens is 341 g/mol. The lowest BCUT2D eigenvalue weighted by molar-refractivity contribution is -0.141. The Morgan fingerprint density at radius 2 is 2.12 bits per heavy atom. The van der Waals surface area contributed by atoms with E-state index < -0.39 is 11.9 Å². The molecule has 1 fully saturated rings. The smallest absolute Gasteiger partial charge is 0.310 e. The number of pyridine rings is 1. The van der Waals surface area contributed by atoms with E-state index in [4.69, 9.17) is 0 Å². The number of piperazine rings is 1. The van der Waals surface area contributed by atoms with Gasteiger partial charge in [-0.3, -0.25) is 14.7 Å². The van der Waals surface area contributed by atoms with E-state index in [1.54, 1.807) is 11.3 Å². The zero-order chi connectivity index (χ0) is 17.3. The fourth-order valence-electron chi connectivity index (χ4n) is 2.58. The molecule has 5 nitrogen and oxygen atoms in total. The Bertz CT molecular complexity index is 746. The normalized spacial score (nSPS) is 16.7. The van der Waals surface area contributed by atoms with Gasteiger partial charge in [0, 0.05) is 36.9 Å². The van der Waals surface area contributed by atoms with Crippen LogP contribution in [0.3, 0.4) is 0 Å². The van der Waals surface area contributed by atoms with Gasteiger partial charge < -0.3 is 4.90 Å². The Labute approximate surface area is 140 Å². The van der Waals surface area contributed by atoms with E-state index in [1.807, 2.05) is 17.2 Å². The summed E-state index contributed by atoms with van der Waals surface area (Å²) < 4.78 is 38.3. The van der Waals surface area contributed by atoms with Gasteiger partial charge in [0.1, 0.15) is 5.69 Å². The maximum Gasteiger partial charge on any atom is 0.433 e. The first-order chi connectivity index (χ1) is 11.3. The van der Waals surface area contributed by atoms with Crippen molar-refractivity contribution in [2.45, 2.75) is 19.6 Å². The molecule has 0 aliphatic carbocycles. The molecule has 0 N–H and O–H groups in total. The maximum atomic E-state index is 12.8. The summed E-state index contributed by atoms with van der Waals surface area (Å²) in [6, 6.07) is 2.34. The first-order valence-electron chi connectivity index (χ1n) is 7.30. The molecule has 24 heavy (non-hydrogen) atoms. The average molecular weight is 356 g/mol. The molecule has 1 saturated heterocycles. The van der Waals surface area contributed by atoms with Crippen molar-refractivity contribution in [3.8, 4) is 0 Å². The van der Waals surface area contributed by atoms with Crippen LogP contribution < -0.4 is 4.90 Å². The second kappa shape index (κ2) is 6.48. The van der Waals surface area contributed by atoms with E-state index in [-0.39, 0.29) is 18.1 Å². The fourth-order valence-corrected chi connectivity index (χ4v) is 3.19. The number of hydrogen-bond donors (Lipinski definition) is 0.